The van der Waals surface area contributed by atoms with Crippen LogP contribution in [-0.4, -0.2) is 53.7 Å². The molecule has 0 bridgehead atoms. The van der Waals surface area contributed by atoms with Gasteiger partial charge in [-0.15, -0.1) is 0 Å². The van der Waals surface area contributed by atoms with Crippen LogP contribution in [-0.2, 0) is 4.79 Å². The summed E-state index contributed by atoms with van der Waals surface area (Å²) in [5.41, 5.74) is 0.564. The Kier molecular flexibility index (Phi) is 7.69. The topological polar surface area (TPSA) is 92.9 Å². The SMILES string of the molecule is COc1ccc(C(C[N+](=O)[O-])C2(C(=O)O)CCN(C3CCCCC3c3ccc(F)cc3)CC2)cc1. The van der Waals surface area contributed by atoms with Crippen molar-refractivity contribution in [2.45, 2.75) is 56.4 Å². The number of carbonyl (C=O) groups is 1. The van der Waals surface area contributed by atoms with Crippen LogP contribution in [0.25, 0.3) is 0 Å². The summed E-state index contributed by atoms with van der Waals surface area (Å²) >= 11 is 0. The van der Waals surface area contributed by atoms with Crippen molar-refractivity contribution in [2.75, 3.05) is 26.7 Å². The summed E-state index contributed by atoms with van der Waals surface area (Å²) in [5.74, 6) is -1.06. The third-order valence-corrected chi connectivity index (χ3v) is 8.13. The van der Waals surface area contributed by atoms with Gasteiger partial charge in [0.05, 0.1) is 18.4 Å². The van der Waals surface area contributed by atoms with Crippen molar-refractivity contribution < 1.29 is 24.0 Å². The van der Waals surface area contributed by atoms with Crippen LogP contribution < -0.4 is 4.74 Å². The van der Waals surface area contributed by atoms with Gasteiger partial charge in [-0.05, 0) is 80.1 Å². The molecular weight excluding hydrogens is 451 g/mol. The van der Waals surface area contributed by atoms with Crippen LogP contribution in [0.1, 0.15) is 61.5 Å². The molecule has 2 aromatic carbocycles. The predicted octanol–water partition coefficient (Wildman–Crippen LogP) is 5.09. The molecule has 1 aliphatic heterocycles. The quantitative estimate of drug-likeness (QED) is 0.415. The minimum atomic E-state index is -1.21. The molecule has 1 saturated carbocycles. The Morgan fingerprint density at radius 2 is 1.77 bits per heavy atom. The summed E-state index contributed by atoms with van der Waals surface area (Å²) < 4.78 is 18.7. The molecular formula is C27H33FN2O5. The van der Waals surface area contributed by atoms with E-state index in [4.69, 9.17) is 4.74 Å². The predicted molar refractivity (Wildman–Crippen MR) is 130 cm³/mol. The second-order valence-corrected chi connectivity index (χ2v) is 9.85. The van der Waals surface area contributed by atoms with Gasteiger partial charge in [0.25, 0.3) is 0 Å². The highest BCUT2D eigenvalue weighted by atomic mass is 19.1. The summed E-state index contributed by atoms with van der Waals surface area (Å²) in [4.78, 5) is 26.3. The Labute approximate surface area is 205 Å². The van der Waals surface area contributed by atoms with E-state index in [-0.39, 0.29) is 17.8 Å². The minimum absolute atomic E-state index is 0.249. The Bertz CT molecular complexity index is 1020. The number of hydrogen-bond acceptors (Lipinski definition) is 5. The highest BCUT2D eigenvalue weighted by Gasteiger charge is 2.51. The lowest BCUT2D eigenvalue weighted by molar-refractivity contribution is -0.486. The lowest BCUT2D eigenvalue weighted by Crippen LogP contribution is -2.53. The minimum Gasteiger partial charge on any atom is -0.497 e. The van der Waals surface area contributed by atoms with Crippen molar-refractivity contribution in [1.82, 2.24) is 4.90 Å². The number of rotatable bonds is 8. The van der Waals surface area contributed by atoms with Crippen LogP contribution in [0.15, 0.2) is 48.5 Å². The second kappa shape index (κ2) is 10.7. The first-order chi connectivity index (χ1) is 16.8. The fraction of sp³-hybridized carbons (Fsp3) is 0.519. The first-order valence-corrected chi connectivity index (χ1v) is 12.3. The molecule has 2 aliphatic rings. The number of aliphatic carboxylic acids is 1. The molecule has 0 aromatic heterocycles. The summed E-state index contributed by atoms with van der Waals surface area (Å²) in [5, 5.41) is 22.0. The number of benzene rings is 2. The van der Waals surface area contributed by atoms with E-state index in [0.29, 0.717) is 37.2 Å². The van der Waals surface area contributed by atoms with Gasteiger partial charge in [-0.3, -0.25) is 19.8 Å². The zero-order valence-corrected chi connectivity index (χ0v) is 20.1. The van der Waals surface area contributed by atoms with Crippen molar-refractivity contribution in [3.05, 3.63) is 75.6 Å². The Morgan fingerprint density at radius 3 is 2.34 bits per heavy atom. The largest absolute Gasteiger partial charge is 0.497 e. The lowest BCUT2D eigenvalue weighted by atomic mass is 9.65. The van der Waals surface area contributed by atoms with E-state index in [1.54, 1.807) is 31.4 Å². The number of piperidine rings is 1. The average molecular weight is 485 g/mol. The number of hydrogen-bond donors (Lipinski definition) is 1. The molecule has 0 radical (unpaired) electrons. The van der Waals surface area contributed by atoms with Gasteiger partial charge in [0.1, 0.15) is 11.6 Å². The number of carboxylic acids is 1. The highest BCUT2D eigenvalue weighted by Crippen LogP contribution is 2.47. The molecule has 1 heterocycles. The second-order valence-electron chi connectivity index (χ2n) is 9.85. The first kappa shape index (κ1) is 25.1. The fourth-order valence-electron chi connectivity index (χ4n) is 6.20. The molecule has 1 aliphatic carbocycles. The van der Waals surface area contributed by atoms with Gasteiger partial charge in [0, 0.05) is 11.0 Å². The first-order valence-electron chi connectivity index (χ1n) is 12.3. The molecule has 1 saturated heterocycles. The fourth-order valence-corrected chi connectivity index (χ4v) is 6.20. The van der Waals surface area contributed by atoms with Crippen LogP contribution in [0.2, 0.25) is 0 Å². The molecule has 188 valence electrons. The Balaban J connectivity index is 1.57. The van der Waals surface area contributed by atoms with E-state index in [0.717, 1.165) is 31.2 Å². The van der Waals surface area contributed by atoms with E-state index in [9.17, 15) is 24.4 Å². The van der Waals surface area contributed by atoms with E-state index in [1.807, 2.05) is 12.1 Å². The third kappa shape index (κ3) is 5.32. The van der Waals surface area contributed by atoms with Crippen molar-refractivity contribution in [3.63, 3.8) is 0 Å². The zero-order chi connectivity index (χ0) is 25.0. The molecule has 7 nitrogen and oxygen atoms in total. The molecule has 8 heteroatoms. The summed E-state index contributed by atoms with van der Waals surface area (Å²) in [6.45, 7) is 0.707. The monoisotopic (exact) mass is 484 g/mol. The van der Waals surface area contributed by atoms with Gasteiger partial charge >= 0.3 is 5.97 Å². The number of carboxylic acid groups (broad SMARTS) is 1. The highest BCUT2D eigenvalue weighted by molar-refractivity contribution is 5.76. The van der Waals surface area contributed by atoms with Gasteiger partial charge in [0.15, 0.2) is 0 Å². The maximum absolute atomic E-state index is 13.5. The number of halogens is 1. The Hall–Kier alpha value is -3.00. The van der Waals surface area contributed by atoms with E-state index >= 15 is 0 Å². The molecule has 0 amide bonds. The standard InChI is InChI=1S/C27H33FN2O5/c1-35-22-12-8-20(9-13-22)24(18-30(33)34)27(26(31)32)14-16-29(17-15-27)25-5-3-2-4-23(25)19-6-10-21(28)11-7-19/h6-13,23-25H,2-5,14-18H2,1H3,(H,31,32). The van der Waals surface area contributed by atoms with E-state index in [2.05, 4.69) is 4.90 Å². The van der Waals surface area contributed by atoms with Crippen molar-refractivity contribution >= 4 is 5.97 Å². The smallest absolute Gasteiger partial charge is 0.310 e. The lowest BCUT2D eigenvalue weighted by Gasteiger charge is -2.47. The average Bonchev–Trinajstić information content (AvgIpc) is 2.88. The molecule has 4 rings (SSSR count). The van der Waals surface area contributed by atoms with Crippen LogP contribution in [0, 0.1) is 21.3 Å². The summed E-state index contributed by atoms with van der Waals surface area (Å²) in [7, 11) is 1.54. The van der Waals surface area contributed by atoms with Crippen LogP contribution in [0.4, 0.5) is 4.39 Å². The van der Waals surface area contributed by atoms with Crippen LogP contribution >= 0.6 is 0 Å². The van der Waals surface area contributed by atoms with Gasteiger partial charge in [-0.25, -0.2) is 4.39 Å². The van der Waals surface area contributed by atoms with Crippen molar-refractivity contribution in [3.8, 4) is 5.75 Å². The molecule has 3 atom stereocenters. The van der Waals surface area contributed by atoms with Gasteiger partial charge in [0.2, 0.25) is 6.54 Å². The Morgan fingerprint density at radius 1 is 1.14 bits per heavy atom. The molecule has 2 aromatic rings. The molecule has 3 unspecified atom stereocenters. The van der Waals surface area contributed by atoms with Gasteiger partial charge in [-0.2, -0.15) is 0 Å². The summed E-state index contributed by atoms with van der Waals surface area (Å²) in [6.07, 6.45) is 4.96. The normalized spacial score (nSPS) is 23.4. The number of likely N-dealkylation sites (tertiary alicyclic amines) is 1. The molecule has 1 N–H and O–H groups in total. The number of methoxy groups -OCH3 is 1. The molecule has 35 heavy (non-hydrogen) atoms. The maximum atomic E-state index is 13.5. The third-order valence-electron chi connectivity index (χ3n) is 8.13. The molecule has 0 spiro atoms. The number of nitrogens with zero attached hydrogens (tertiary/aromatic N) is 2. The van der Waals surface area contributed by atoms with Crippen LogP contribution in [0.3, 0.4) is 0 Å². The molecule has 2 fully saturated rings. The van der Waals surface area contributed by atoms with Crippen molar-refractivity contribution in [1.29, 1.82) is 0 Å². The van der Waals surface area contributed by atoms with Crippen LogP contribution in [0.5, 0.6) is 5.75 Å². The van der Waals surface area contributed by atoms with Gasteiger partial charge < -0.3 is 9.84 Å². The summed E-state index contributed by atoms with van der Waals surface area (Å²) in [6, 6.07) is 13.9. The zero-order valence-electron chi connectivity index (χ0n) is 20.1. The number of ether oxygens (including phenoxy) is 1. The van der Waals surface area contributed by atoms with Crippen molar-refractivity contribution in [2.24, 2.45) is 5.41 Å². The van der Waals surface area contributed by atoms with E-state index in [1.165, 1.54) is 12.1 Å². The number of nitro groups is 1. The van der Waals surface area contributed by atoms with Gasteiger partial charge in [-0.1, -0.05) is 37.1 Å². The van der Waals surface area contributed by atoms with E-state index < -0.39 is 28.8 Å². The maximum Gasteiger partial charge on any atom is 0.310 e.